The molecule has 0 amide bonds. The van der Waals surface area contributed by atoms with Gasteiger partial charge >= 0.3 is 0 Å². The molecule has 1 heterocycles. The zero-order valence-electron chi connectivity index (χ0n) is 4.71. The van der Waals surface area contributed by atoms with Crippen LogP contribution in [0.1, 0.15) is 5.56 Å². The van der Waals surface area contributed by atoms with E-state index in [4.69, 9.17) is 5.11 Å². The molecule has 1 rings (SSSR count). The summed E-state index contributed by atoms with van der Waals surface area (Å²) in [6.07, 6.45) is 3.19. The highest BCUT2D eigenvalue weighted by atomic mass is 79.9. The van der Waals surface area contributed by atoms with Gasteiger partial charge in [-0.2, -0.15) is 0 Å². The van der Waals surface area contributed by atoms with Crippen LogP contribution in [0.2, 0.25) is 0 Å². The minimum Gasteiger partial charge on any atom is -0.508 e. The highest BCUT2D eigenvalue weighted by Crippen LogP contribution is 2.16. The first-order chi connectivity index (χ1) is 4.34. The molecule has 1 aromatic rings. The maximum atomic E-state index is 9.04. The molecule has 0 spiro atoms. The molecule has 48 valence electrons. The number of aromatic nitrogens is 1. The molecule has 1 N–H and O–H groups in total. The molecule has 3 heteroatoms. The third-order valence-electron chi connectivity index (χ3n) is 1.02. The lowest BCUT2D eigenvalue weighted by molar-refractivity contribution is 0.470. The molecule has 0 fully saturated rings. The molecule has 0 bridgehead atoms. The molecule has 0 aliphatic heterocycles. The SMILES string of the molecule is Oc1ccncc1CBr. The van der Waals surface area contributed by atoms with Crippen LogP contribution < -0.4 is 0 Å². The highest BCUT2D eigenvalue weighted by molar-refractivity contribution is 9.08. The lowest BCUT2D eigenvalue weighted by Crippen LogP contribution is -1.79. The van der Waals surface area contributed by atoms with E-state index in [1.165, 1.54) is 0 Å². The van der Waals surface area contributed by atoms with E-state index in [1.807, 2.05) is 0 Å². The summed E-state index contributed by atoms with van der Waals surface area (Å²) >= 11 is 3.21. The number of hydrogen-bond donors (Lipinski definition) is 1. The van der Waals surface area contributed by atoms with Gasteiger partial charge in [0.15, 0.2) is 0 Å². The molecule has 2 nitrogen and oxygen atoms in total. The van der Waals surface area contributed by atoms with Crippen molar-refractivity contribution in [3.05, 3.63) is 24.0 Å². The summed E-state index contributed by atoms with van der Waals surface area (Å²) < 4.78 is 0. The standard InChI is InChI=1S/C6H6BrNO/c7-3-5-4-8-2-1-6(5)9/h1-2,4H,3H2,(H,8,9). The molecule has 1 aromatic heterocycles. The Hall–Kier alpha value is -0.570. The summed E-state index contributed by atoms with van der Waals surface area (Å²) in [6.45, 7) is 0. The van der Waals surface area contributed by atoms with Gasteiger partial charge in [-0.05, 0) is 6.07 Å². The fraction of sp³-hybridized carbons (Fsp3) is 0.167. The minimum absolute atomic E-state index is 0.293. The molecule has 0 atom stereocenters. The van der Waals surface area contributed by atoms with Crippen molar-refractivity contribution in [3.8, 4) is 5.75 Å². The predicted molar refractivity (Wildman–Crippen MR) is 38.5 cm³/mol. The van der Waals surface area contributed by atoms with E-state index >= 15 is 0 Å². The predicted octanol–water partition coefficient (Wildman–Crippen LogP) is 1.68. The monoisotopic (exact) mass is 187 g/mol. The van der Waals surface area contributed by atoms with Gasteiger partial charge in [-0.3, -0.25) is 4.98 Å². The number of nitrogens with zero attached hydrogens (tertiary/aromatic N) is 1. The Kier molecular flexibility index (Phi) is 2.05. The zero-order chi connectivity index (χ0) is 6.69. The zero-order valence-corrected chi connectivity index (χ0v) is 6.30. The van der Waals surface area contributed by atoms with E-state index in [0.717, 1.165) is 5.56 Å². The van der Waals surface area contributed by atoms with Crippen LogP contribution in [0, 0.1) is 0 Å². The lowest BCUT2D eigenvalue weighted by Gasteiger charge is -1.95. The second-order valence-corrected chi connectivity index (χ2v) is 2.20. The van der Waals surface area contributed by atoms with E-state index in [2.05, 4.69) is 20.9 Å². The minimum atomic E-state index is 0.293. The van der Waals surface area contributed by atoms with E-state index in [-0.39, 0.29) is 0 Å². The van der Waals surface area contributed by atoms with Crippen molar-refractivity contribution < 1.29 is 5.11 Å². The van der Waals surface area contributed by atoms with Crippen molar-refractivity contribution in [2.24, 2.45) is 0 Å². The Morgan fingerprint density at radius 2 is 2.44 bits per heavy atom. The normalized spacial score (nSPS) is 9.44. The number of alkyl halides is 1. The van der Waals surface area contributed by atoms with Crippen molar-refractivity contribution in [2.75, 3.05) is 0 Å². The molecule has 0 aromatic carbocycles. The van der Waals surface area contributed by atoms with Gasteiger partial charge in [0, 0.05) is 23.3 Å². The van der Waals surface area contributed by atoms with Gasteiger partial charge in [0.2, 0.25) is 0 Å². The summed E-state index contributed by atoms with van der Waals surface area (Å²) in [7, 11) is 0. The van der Waals surface area contributed by atoms with Gasteiger partial charge in [0.1, 0.15) is 5.75 Å². The third-order valence-corrected chi connectivity index (χ3v) is 1.63. The maximum Gasteiger partial charge on any atom is 0.122 e. The topological polar surface area (TPSA) is 33.1 Å². The smallest absolute Gasteiger partial charge is 0.122 e. The lowest BCUT2D eigenvalue weighted by atomic mass is 10.3. The van der Waals surface area contributed by atoms with Gasteiger partial charge in [0.25, 0.3) is 0 Å². The molecular weight excluding hydrogens is 182 g/mol. The van der Waals surface area contributed by atoms with Crippen LogP contribution in [0.5, 0.6) is 5.75 Å². The summed E-state index contributed by atoms with van der Waals surface area (Å²) in [5.41, 5.74) is 0.817. The quantitative estimate of drug-likeness (QED) is 0.680. The highest BCUT2D eigenvalue weighted by Gasteiger charge is 1.94. The number of rotatable bonds is 1. The summed E-state index contributed by atoms with van der Waals surface area (Å²) in [5, 5.41) is 9.69. The van der Waals surface area contributed by atoms with Crippen LogP contribution in [-0.4, -0.2) is 10.1 Å². The number of hydrogen-bond acceptors (Lipinski definition) is 2. The Balaban J connectivity index is 3.01. The third kappa shape index (κ3) is 1.42. The van der Waals surface area contributed by atoms with E-state index in [0.29, 0.717) is 11.1 Å². The van der Waals surface area contributed by atoms with E-state index in [9.17, 15) is 0 Å². The van der Waals surface area contributed by atoms with Gasteiger partial charge in [-0.15, -0.1) is 0 Å². The summed E-state index contributed by atoms with van der Waals surface area (Å²) in [4.78, 5) is 3.83. The number of aromatic hydroxyl groups is 1. The second kappa shape index (κ2) is 2.82. The van der Waals surface area contributed by atoms with E-state index in [1.54, 1.807) is 18.5 Å². The molecule has 0 radical (unpaired) electrons. The average Bonchev–Trinajstić information content (AvgIpc) is 1.89. The largest absolute Gasteiger partial charge is 0.508 e. The van der Waals surface area contributed by atoms with Gasteiger partial charge in [-0.1, -0.05) is 15.9 Å². The second-order valence-electron chi connectivity index (χ2n) is 1.64. The van der Waals surface area contributed by atoms with Crippen molar-refractivity contribution in [1.82, 2.24) is 4.98 Å². The number of pyridine rings is 1. The van der Waals surface area contributed by atoms with Crippen molar-refractivity contribution in [2.45, 2.75) is 5.33 Å². The summed E-state index contributed by atoms with van der Waals surface area (Å²) in [6, 6.07) is 1.57. The van der Waals surface area contributed by atoms with Crippen LogP contribution in [0.15, 0.2) is 18.5 Å². The van der Waals surface area contributed by atoms with Crippen LogP contribution >= 0.6 is 15.9 Å². The molecule has 0 saturated heterocycles. The van der Waals surface area contributed by atoms with Gasteiger partial charge in [0.05, 0.1) is 0 Å². The van der Waals surface area contributed by atoms with Crippen LogP contribution in [-0.2, 0) is 5.33 Å². The first-order valence-electron chi connectivity index (χ1n) is 2.52. The maximum absolute atomic E-state index is 9.04. The van der Waals surface area contributed by atoms with Crippen LogP contribution in [0.4, 0.5) is 0 Å². The van der Waals surface area contributed by atoms with E-state index < -0.39 is 0 Å². The molecule has 0 unspecified atom stereocenters. The Bertz CT molecular complexity index is 202. The van der Waals surface area contributed by atoms with Crippen molar-refractivity contribution in [3.63, 3.8) is 0 Å². The average molecular weight is 188 g/mol. The number of halogens is 1. The molecule has 9 heavy (non-hydrogen) atoms. The Morgan fingerprint density at radius 3 is 2.89 bits per heavy atom. The first kappa shape index (κ1) is 6.55. The molecule has 0 aliphatic rings. The Morgan fingerprint density at radius 1 is 1.67 bits per heavy atom. The van der Waals surface area contributed by atoms with Crippen molar-refractivity contribution >= 4 is 15.9 Å². The Labute approximate surface area is 61.7 Å². The van der Waals surface area contributed by atoms with Gasteiger partial charge in [-0.25, -0.2) is 0 Å². The van der Waals surface area contributed by atoms with Gasteiger partial charge < -0.3 is 5.11 Å². The fourth-order valence-electron chi connectivity index (χ4n) is 0.523. The first-order valence-corrected chi connectivity index (χ1v) is 3.64. The summed E-state index contributed by atoms with van der Waals surface area (Å²) in [5.74, 6) is 0.293. The molecule has 0 saturated carbocycles. The van der Waals surface area contributed by atoms with Crippen molar-refractivity contribution in [1.29, 1.82) is 0 Å². The fourth-order valence-corrected chi connectivity index (χ4v) is 0.955. The van der Waals surface area contributed by atoms with Crippen LogP contribution in [0.25, 0.3) is 0 Å². The molecular formula is C6H6BrNO. The molecule has 0 aliphatic carbocycles. The van der Waals surface area contributed by atoms with Crippen LogP contribution in [0.3, 0.4) is 0 Å².